The molecule has 0 unspecified atom stereocenters. The summed E-state index contributed by atoms with van der Waals surface area (Å²) >= 11 is 0. The number of hydrogen-bond donors (Lipinski definition) is 1. The maximum absolute atomic E-state index is 14.7. The number of ether oxygens (including phenoxy) is 2. The van der Waals surface area contributed by atoms with E-state index < -0.39 is 5.97 Å². The molecule has 0 bridgehead atoms. The molecule has 0 heterocycles. The summed E-state index contributed by atoms with van der Waals surface area (Å²) in [4.78, 5) is 11.3. The Morgan fingerprint density at radius 1 is 1.06 bits per heavy atom. The van der Waals surface area contributed by atoms with Gasteiger partial charge in [-0.05, 0) is 70.3 Å². The van der Waals surface area contributed by atoms with Crippen molar-refractivity contribution < 1.29 is 23.8 Å². The van der Waals surface area contributed by atoms with E-state index in [1.807, 2.05) is 36.4 Å². The summed E-state index contributed by atoms with van der Waals surface area (Å²) in [6.45, 7) is 10.4. The first-order chi connectivity index (χ1) is 16.6. The molecule has 0 saturated heterocycles. The number of carboxylic acids is 1. The van der Waals surface area contributed by atoms with Crippen molar-refractivity contribution in [3.8, 4) is 22.6 Å². The van der Waals surface area contributed by atoms with Gasteiger partial charge >= 0.3 is 5.97 Å². The highest BCUT2D eigenvalue weighted by Gasteiger charge is 2.22. The fourth-order valence-electron chi connectivity index (χ4n) is 4.15. The van der Waals surface area contributed by atoms with Crippen molar-refractivity contribution in [1.82, 2.24) is 0 Å². The second-order valence-electron chi connectivity index (χ2n) is 9.66. The van der Waals surface area contributed by atoms with Gasteiger partial charge in [0.05, 0.1) is 13.5 Å². The molecule has 0 amide bonds. The summed E-state index contributed by atoms with van der Waals surface area (Å²) in [5.41, 5.74) is 3.97. The molecule has 0 spiro atoms. The Kier molecular flexibility index (Phi) is 8.34. The predicted octanol–water partition coefficient (Wildman–Crippen LogP) is 7.51. The number of carbonyl (C=O) groups is 1. The Bertz CT molecular complexity index is 1190. The molecule has 0 aliphatic rings. The van der Waals surface area contributed by atoms with Crippen LogP contribution in [0.4, 0.5) is 4.39 Å². The molecule has 4 nitrogen and oxygen atoms in total. The lowest BCUT2D eigenvalue weighted by Crippen LogP contribution is -2.14. The van der Waals surface area contributed by atoms with Crippen molar-refractivity contribution in [2.45, 2.75) is 51.6 Å². The third kappa shape index (κ3) is 6.72. The van der Waals surface area contributed by atoms with E-state index in [1.54, 1.807) is 25.3 Å². The van der Waals surface area contributed by atoms with Gasteiger partial charge in [-0.3, -0.25) is 4.79 Å². The lowest BCUT2D eigenvalue weighted by molar-refractivity contribution is -0.137. The molecule has 3 rings (SSSR count). The molecule has 0 saturated carbocycles. The Morgan fingerprint density at radius 2 is 1.83 bits per heavy atom. The Labute approximate surface area is 207 Å². The van der Waals surface area contributed by atoms with Gasteiger partial charge in [-0.2, -0.15) is 0 Å². The van der Waals surface area contributed by atoms with E-state index in [0.717, 1.165) is 22.3 Å². The van der Waals surface area contributed by atoms with Gasteiger partial charge in [0, 0.05) is 5.56 Å². The van der Waals surface area contributed by atoms with Gasteiger partial charge in [0.25, 0.3) is 0 Å². The summed E-state index contributed by atoms with van der Waals surface area (Å²) in [6.07, 6.45) is 2.35. The molecular formula is C30H33FO4. The second kappa shape index (κ2) is 11.2. The third-order valence-electron chi connectivity index (χ3n) is 5.96. The fourth-order valence-corrected chi connectivity index (χ4v) is 4.15. The molecule has 1 N–H and O–H groups in total. The van der Waals surface area contributed by atoms with E-state index in [2.05, 4.69) is 33.4 Å². The minimum atomic E-state index is -0.842. The molecule has 5 heteroatoms. The maximum atomic E-state index is 14.7. The lowest BCUT2D eigenvalue weighted by atomic mass is 9.81. The van der Waals surface area contributed by atoms with Crippen LogP contribution in [0.1, 0.15) is 56.2 Å². The third-order valence-corrected chi connectivity index (χ3v) is 5.96. The molecule has 0 radical (unpaired) electrons. The molecule has 184 valence electrons. The minimum Gasteiger partial charge on any atom is -0.497 e. The van der Waals surface area contributed by atoms with Crippen molar-refractivity contribution in [3.63, 3.8) is 0 Å². The molecule has 0 fully saturated rings. The average Bonchev–Trinajstić information content (AvgIpc) is 2.82. The number of carboxylic acid groups (broad SMARTS) is 1. The normalized spacial score (nSPS) is 12.1. The zero-order chi connectivity index (χ0) is 25.6. The summed E-state index contributed by atoms with van der Waals surface area (Å²) in [5, 5.41) is 9.24. The Hall–Kier alpha value is -3.60. The van der Waals surface area contributed by atoms with E-state index in [4.69, 9.17) is 9.47 Å². The highest BCUT2D eigenvalue weighted by atomic mass is 19.1. The Balaban J connectivity index is 1.87. The highest BCUT2D eigenvalue weighted by molar-refractivity contribution is 5.71. The Morgan fingerprint density at radius 3 is 2.49 bits per heavy atom. The number of aliphatic carboxylic acids is 1. The molecule has 1 atom stereocenters. The molecule has 0 aliphatic heterocycles. The monoisotopic (exact) mass is 476 g/mol. The predicted molar refractivity (Wildman–Crippen MR) is 138 cm³/mol. The van der Waals surface area contributed by atoms with Gasteiger partial charge in [0.15, 0.2) is 0 Å². The molecule has 35 heavy (non-hydrogen) atoms. The van der Waals surface area contributed by atoms with Crippen LogP contribution in [0.25, 0.3) is 11.1 Å². The summed E-state index contributed by atoms with van der Waals surface area (Å²) in [5.74, 6) is -0.0236. The molecule has 0 aliphatic carbocycles. The minimum absolute atomic E-state index is 0.0344. The van der Waals surface area contributed by atoms with Gasteiger partial charge in [0.1, 0.15) is 23.9 Å². The lowest BCUT2D eigenvalue weighted by Gasteiger charge is -2.24. The number of rotatable bonds is 10. The van der Waals surface area contributed by atoms with E-state index in [-0.39, 0.29) is 23.6 Å². The van der Waals surface area contributed by atoms with E-state index in [9.17, 15) is 14.3 Å². The van der Waals surface area contributed by atoms with E-state index in [0.29, 0.717) is 30.1 Å². The first-order valence-corrected chi connectivity index (χ1v) is 11.6. The van der Waals surface area contributed by atoms with E-state index in [1.165, 1.54) is 6.07 Å². The van der Waals surface area contributed by atoms with Crippen molar-refractivity contribution >= 4 is 5.97 Å². The van der Waals surface area contributed by atoms with Crippen LogP contribution < -0.4 is 9.47 Å². The van der Waals surface area contributed by atoms with Gasteiger partial charge in [-0.1, -0.05) is 57.2 Å². The largest absolute Gasteiger partial charge is 0.497 e. The van der Waals surface area contributed by atoms with Crippen LogP contribution in [0.5, 0.6) is 11.5 Å². The zero-order valence-electron chi connectivity index (χ0n) is 20.8. The number of allylic oxidation sites excluding steroid dienone is 1. The standard InChI is InChI=1S/C30H33FO4/c1-6-8-21(17-29(32)33)22-9-7-10-24(16-22)35-19-20-11-13-25(27(15-20)30(2,3)4)26-18-23(34-5)12-14-28(26)31/h6-7,9-16,18,21H,1,8,17,19H2,2-5H3,(H,32,33)/t21-/m0/s1. The maximum Gasteiger partial charge on any atom is 0.303 e. The zero-order valence-corrected chi connectivity index (χ0v) is 20.8. The van der Waals surface area contributed by atoms with Gasteiger partial charge in [-0.25, -0.2) is 4.39 Å². The van der Waals surface area contributed by atoms with Crippen molar-refractivity contribution in [1.29, 1.82) is 0 Å². The molecule has 3 aromatic rings. The first-order valence-electron chi connectivity index (χ1n) is 11.6. The molecular weight excluding hydrogens is 443 g/mol. The summed E-state index contributed by atoms with van der Waals surface area (Å²) in [6, 6.07) is 18.2. The van der Waals surface area contributed by atoms with Crippen LogP contribution in [-0.4, -0.2) is 18.2 Å². The van der Waals surface area contributed by atoms with Gasteiger partial charge < -0.3 is 14.6 Å². The van der Waals surface area contributed by atoms with Crippen LogP contribution in [-0.2, 0) is 16.8 Å². The fraction of sp³-hybridized carbons (Fsp3) is 0.300. The average molecular weight is 477 g/mol. The van der Waals surface area contributed by atoms with Crippen LogP contribution in [0, 0.1) is 5.82 Å². The van der Waals surface area contributed by atoms with Gasteiger partial charge in [0.2, 0.25) is 0 Å². The van der Waals surface area contributed by atoms with Gasteiger partial charge in [-0.15, -0.1) is 6.58 Å². The number of benzene rings is 3. The summed E-state index contributed by atoms with van der Waals surface area (Å²) < 4.78 is 26.1. The molecule has 3 aromatic carbocycles. The second-order valence-corrected chi connectivity index (χ2v) is 9.66. The number of halogens is 1. The van der Waals surface area contributed by atoms with Crippen LogP contribution in [0.15, 0.2) is 73.3 Å². The smallest absolute Gasteiger partial charge is 0.303 e. The molecule has 0 aromatic heterocycles. The van der Waals surface area contributed by atoms with Crippen LogP contribution in [0.2, 0.25) is 0 Å². The van der Waals surface area contributed by atoms with Crippen molar-refractivity contribution in [2.75, 3.05) is 7.11 Å². The summed E-state index contributed by atoms with van der Waals surface area (Å²) in [7, 11) is 1.57. The van der Waals surface area contributed by atoms with Crippen molar-refractivity contribution in [3.05, 3.63) is 95.8 Å². The van der Waals surface area contributed by atoms with E-state index >= 15 is 0 Å². The number of hydrogen-bond acceptors (Lipinski definition) is 3. The quantitative estimate of drug-likeness (QED) is 0.308. The topological polar surface area (TPSA) is 55.8 Å². The highest BCUT2D eigenvalue weighted by Crippen LogP contribution is 2.37. The van der Waals surface area contributed by atoms with Crippen LogP contribution in [0.3, 0.4) is 0 Å². The van der Waals surface area contributed by atoms with Crippen LogP contribution >= 0.6 is 0 Å². The SMILES string of the molecule is C=CC[C@@H](CC(=O)O)c1cccc(OCc2ccc(-c3cc(OC)ccc3F)c(C(C)(C)C)c2)c1. The van der Waals surface area contributed by atoms with Crippen molar-refractivity contribution in [2.24, 2.45) is 0 Å². The first kappa shape index (κ1) is 26.0. The number of methoxy groups -OCH3 is 1.